The van der Waals surface area contributed by atoms with Gasteiger partial charge in [-0.25, -0.2) is 4.99 Å². The van der Waals surface area contributed by atoms with Crippen LogP contribution in [0.15, 0.2) is 53.7 Å². The van der Waals surface area contributed by atoms with Crippen LogP contribution in [-0.2, 0) is 12.8 Å². The molecule has 0 spiro atoms. The number of benzene rings is 1. The number of hydrogen-bond acceptors (Lipinski definition) is 5. The van der Waals surface area contributed by atoms with Crippen LogP contribution in [-0.4, -0.2) is 24.2 Å². The first-order valence-corrected chi connectivity index (χ1v) is 11.7. The lowest BCUT2D eigenvalue weighted by molar-refractivity contribution is 0.102. The number of carbonyl (C=O) groups excluding carboxylic acids is 1. The molecular weight excluding hydrogens is 418 g/mol. The summed E-state index contributed by atoms with van der Waals surface area (Å²) in [5.41, 5.74) is 3.59. The van der Waals surface area contributed by atoms with Gasteiger partial charge in [-0.3, -0.25) is 9.78 Å². The number of ether oxygens (including phenoxy) is 1. The van der Waals surface area contributed by atoms with Crippen molar-refractivity contribution in [2.24, 2.45) is 16.3 Å². The van der Waals surface area contributed by atoms with E-state index in [-0.39, 0.29) is 11.3 Å². The summed E-state index contributed by atoms with van der Waals surface area (Å²) >= 11 is 1.64. The van der Waals surface area contributed by atoms with E-state index in [1.165, 1.54) is 4.88 Å². The van der Waals surface area contributed by atoms with Crippen LogP contribution in [0.3, 0.4) is 0 Å². The number of methoxy groups -OCH3 is 1. The Hall–Kier alpha value is -2.99. The second kappa shape index (κ2) is 9.25. The van der Waals surface area contributed by atoms with Gasteiger partial charge in [0, 0.05) is 16.8 Å². The van der Waals surface area contributed by atoms with Gasteiger partial charge in [0.25, 0.3) is 5.91 Å². The largest absolute Gasteiger partial charge is 0.497 e. The van der Waals surface area contributed by atoms with Gasteiger partial charge in [-0.15, -0.1) is 11.3 Å². The summed E-state index contributed by atoms with van der Waals surface area (Å²) in [5.74, 6) is 1.23. The lowest BCUT2D eigenvalue weighted by Gasteiger charge is -2.33. The average Bonchev–Trinajstić information content (AvgIpc) is 3.16. The average molecular weight is 448 g/mol. The first-order valence-electron chi connectivity index (χ1n) is 10.9. The Morgan fingerprint density at radius 3 is 2.66 bits per heavy atom. The maximum absolute atomic E-state index is 13.4. The van der Waals surface area contributed by atoms with Crippen molar-refractivity contribution >= 4 is 34.1 Å². The van der Waals surface area contributed by atoms with Gasteiger partial charge in [-0.1, -0.05) is 26.8 Å². The number of fused-ring (bicyclic) bond motifs is 1. The van der Waals surface area contributed by atoms with Crippen LogP contribution in [0.1, 0.15) is 53.7 Å². The Morgan fingerprint density at radius 2 is 2.00 bits per heavy atom. The van der Waals surface area contributed by atoms with Crippen LogP contribution >= 0.6 is 11.3 Å². The first-order chi connectivity index (χ1) is 15.3. The molecule has 1 aliphatic carbocycles. The maximum Gasteiger partial charge on any atom is 0.259 e. The van der Waals surface area contributed by atoms with Crippen molar-refractivity contribution in [3.63, 3.8) is 0 Å². The number of anilines is 1. The van der Waals surface area contributed by atoms with E-state index in [4.69, 9.17) is 9.73 Å². The third kappa shape index (κ3) is 4.91. The smallest absolute Gasteiger partial charge is 0.259 e. The summed E-state index contributed by atoms with van der Waals surface area (Å²) in [6.07, 6.45) is 6.46. The molecule has 1 aromatic carbocycles. The molecule has 3 aromatic rings. The molecule has 0 aliphatic heterocycles. The highest BCUT2D eigenvalue weighted by Gasteiger charge is 2.33. The lowest BCUT2D eigenvalue weighted by atomic mass is 9.72. The van der Waals surface area contributed by atoms with Crippen LogP contribution in [0.4, 0.5) is 10.7 Å². The van der Waals surface area contributed by atoms with Crippen molar-refractivity contribution in [3.05, 3.63) is 70.4 Å². The standard InChI is InChI=1S/C26H29N3O2S/c1-26(2,3)17-8-13-21-22(15-17)32-25(28-16-19-7-5-6-14-27-19)23(21)24(30)29-18-9-11-20(31-4)12-10-18/h5-7,9-12,14,16-17H,8,13,15H2,1-4H3,(H,29,30)/b28-16+. The first kappa shape index (κ1) is 22.2. The van der Waals surface area contributed by atoms with Crippen molar-refractivity contribution in [1.29, 1.82) is 0 Å². The molecule has 0 fully saturated rings. The number of carbonyl (C=O) groups is 1. The topological polar surface area (TPSA) is 63.6 Å². The van der Waals surface area contributed by atoms with Gasteiger partial charge in [0.1, 0.15) is 10.8 Å². The van der Waals surface area contributed by atoms with Crippen LogP contribution in [0.5, 0.6) is 5.75 Å². The van der Waals surface area contributed by atoms with Crippen molar-refractivity contribution in [3.8, 4) is 5.75 Å². The van der Waals surface area contributed by atoms with E-state index >= 15 is 0 Å². The second-order valence-electron chi connectivity index (χ2n) is 9.19. The predicted octanol–water partition coefficient (Wildman–Crippen LogP) is 6.31. The van der Waals surface area contributed by atoms with Gasteiger partial charge >= 0.3 is 0 Å². The Labute approximate surface area is 193 Å². The van der Waals surface area contributed by atoms with Crippen molar-refractivity contribution in [2.45, 2.75) is 40.0 Å². The number of nitrogens with one attached hydrogen (secondary N) is 1. The van der Waals surface area contributed by atoms with E-state index in [1.54, 1.807) is 30.9 Å². The summed E-state index contributed by atoms with van der Waals surface area (Å²) in [4.78, 5) is 23.7. The van der Waals surface area contributed by atoms with Crippen LogP contribution in [0.2, 0.25) is 0 Å². The Bertz CT molecular complexity index is 1110. The van der Waals surface area contributed by atoms with Gasteiger partial charge < -0.3 is 10.1 Å². The second-order valence-corrected chi connectivity index (χ2v) is 10.3. The molecule has 6 heteroatoms. The van der Waals surface area contributed by atoms with E-state index in [9.17, 15) is 4.79 Å². The van der Waals surface area contributed by atoms with Gasteiger partial charge in [0.05, 0.1) is 24.6 Å². The zero-order valence-electron chi connectivity index (χ0n) is 19.0. The molecule has 1 unspecified atom stereocenters. The summed E-state index contributed by atoms with van der Waals surface area (Å²) in [7, 11) is 1.63. The highest BCUT2D eigenvalue weighted by Crippen LogP contribution is 2.45. The SMILES string of the molecule is COc1ccc(NC(=O)c2c(/N=C/c3ccccn3)sc3c2CCC(C(C)(C)C)C3)cc1. The van der Waals surface area contributed by atoms with Crippen LogP contribution in [0, 0.1) is 11.3 Å². The van der Waals surface area contributed by atoms with Crippen LogP contribution < -0.4 is 10.1 Å². The summed E-state index contributed by atoms with van der Waals surface area (Å²) < 4.78 is 5.22. The van der Waals surface area contributed by atoms with Crippen molar-refractivity contribution in [2.75, 3.05) is 12.4 Å². The minimum absolute atomic E-state index is 0.116. The monoisotopic (exact) mass is 447 g/mol. The summed E-state index contributed by atoms with van der Waals surface area (Å²) in [5, 5.41) is 3.80. The molecule has 1 aliphatic rings. The van der Waals surface area contributed by atoms with E-state index in [0.717, 1.165) is 47.0 Å². The molecule has 32 heavy (non-hydrogen) atoms. The number of hydrogen-bond donors (Lipinski definition) is 1. The number of aliphatic imine (C=N–C) groups is 1. The Morgan fingerprint density at radius 1 is 1.22 bits per heavy atom. The highest BCUT2D eigenvalue weighted by molar-refractivity contribution is 7.16. The Kier molecular flexibility index (Phi) is 6.42. The van der Waals surface area contributed by atoms with E-state index in [0.29, 0.717) is 11.5 Å². The van der Waals surface area contributed by atoms with Gasteiger partial charge in [0.15, 0.2) is 0 Å². The molecule has 166 valence electrons. The van der Waals surface area contributed by atoms with E-state index in [2.05, 4.69) is 31.1 Å². The number of thiophene rings is 1. The molecule has 1 atom stereocenters. The van der Waals surface area contributed by atoms with Gasteiger partial charge in [-0.05, 0) is 72.6 Å². The van der Waals surface area contributed by atoms with Crippen molar-refractivity contribution in [1.82, 2.24) is 4.98 Å². The fraction of sp³-hybridized carbons (Fsp3) is 0.346. The number of amides is 1. The number of nitrogens with zero attached hydrogens (tertiary/aromatic N) is 2. The Balaban J connectivity index is 1.67. The molecule has 1 amide bonds. The molecule has 0 saturated carbocycles. The third-order valence-corrected chi connectivity index (χ3v) is 7.21. The zero-order chi connectivity index (χ0) is 22.7. The highest BCUT2D eigenvalue weighted by atomic mass is 32.1. The minimum atomic E-state index is -0.116. The molecule has 1 N–H and O–H groups in total. The molecule has 5 nitrogen and oxygen atoms in total. The number of rotatable bonds is 5. The zero-order valence-corrected chi connectivity index (χ0v) is 19.8. The maximum atomic E-state index is 13.4. The fourth-order valence-electron chi connectivity index (χ4n) is 4.08. The molecular formula is C26H29N3O2S. The molecule has 0 radical (unpaired) electrons. The summed E-state index contributed by atoms with van der Waals surface area (Å²) in [6, 6.07) is 13.1. The molecule has 0 bridgehead atoms. The normalized spacial score (nSPS) is 16.1. The minimum Gasteiger partial charge on any atom is -0.497 e. The molecule has 0 saturated heterocycles. The van der Waals surface area contributed by atoms with Gasteiger partial charge in [-0.2, -0.15) is 0 Å². The van der Waals surface area contributed by atoms with E-state index < -0.39 is 0 Å². The quantitative estimate of drug-likeness (QED) is 0.467. The number of pyridine rings is 1. The number of aromatic nitrogens is 1. The predicted molar refractivity (Wildman–Crippen MR) is 132 cm³/mol. The molecule has 2 aromatic heterocycles. The lowest BCUT2D eigenvalue weighted by Crippen LogP contribution is -2.27. The van der Waals surface area contributed by atoms with Crippen molar-refractivity contribution < 1.29 is 9.53 Å². The molecule has 4 rings (SSSR count). The van der Waals surface area contributed by atoms with E-state index in [1.807, 2.05) is 42.5 Å². The third-order valence-electron chi connectivity index (χ3n) is 6.05. The van der Waals surface area contributed by atoms with Gasteiger partial charge in [0.2, 0.25) is 0 Å². The van der Waals surface area contributed by atoms with Crippen LogP contribution in [0.25, 0.3) is 0 Å². The fourth-order valence-corrected chi connectivity index (χ4v) is 5.35. The summed E-state index contributed by atoms with van der Waals surface area (Å²) in [6.45, 7) is 6.90. The molecule has 2 heterocycles.